The van der Waals surface area contributed by atoms with E-state index in [4.69, 9.17) is 0 Å². The van der Waals surface area contributed by atoms with Crippen molar-refractivity contribution in [2.75, 3.05) is 0 Å². The zero-order valence-corrected chi connectivity index (χ0v) is 8.10. The molecule has 0 radical (unpaired) electrons. The molecule has 84 valence electrons. The molecular formula is C9H11F3N2O. The van der Waals surface area contributed by atoms with Gasteiger partial charge < -0.3 is 5.11 Å². The van der Waals surface area contributed by atoms with Gasteiger partial charge in [-0.2, -0.15) is 18.3 Å². The van der Waals surface area contributed by atoms with E-state index in [-0.39, 0.29) is 5.56 Å². The Morgan fingerprint density at radius 2 is 2.13 bits per heavy atom. The highest BCUT2D eigenvalue weighted by molar-refractivity contribution is 5.36. The minimum atomic E-state index is -4.43. The Morgan fingerprint density at radius 1 is 1.53 bits per heavy atom. The molecule has 0 spiro atoms. The number of aliphatic hydroxyl groups is 1. The number of halogens is 3. The lowest BCUT2D eigenvalue weighted by molar-refractivity contribution is -0.142. The maximum atomic E-state index is 12.6. The van der Waals surface area contributed by atoms with Crippen molar-refractivity contribution in [1.82, 2.24) is 10.2 Å². The third-order valence-corrected chi connectivity index (χ3v) is 3.05. The average molecular weight is 220 g/mol. The molecule has 1 heterocycles. The molecule has 1 aromatic heterocycles. The summed E-state index contributed by atoms with van der Waals surface area (Å²) in [4.78, 5) is 0. The first kappa shape index (κ1) is 10.5. The number of rotatable bonds is 2. The first-order chi connectivity index (χ1) is 6.88. The van der Waals surface area contributed by atoms with Crippen molar-refractivity contribution >= 4 is 0 Å². The molecule has 0 bridgehead atoms. The fraction of sp³-hybridized carbons (Fsp3) is 0.667. The predicted octanol–water partition coefficient (Wildman–Crippen LogP) is 1.84. The molecule has 0 aromatic carbocycles. The Labute approximate surface area is 84.3 Å². The molecule has 2 rings (SSSR count). The second-order valence-corrected chi connectivity index (χ2v) is 3.99. The Hall–Kier alpha value is -1.04. The zero-order chi connectivity index (χ0) is 11.3. The summed E-state index contributed by atoms with van der Waals surface area (Å²) in [5.41, 5.74) is -1.48. The number of aliphatic hydroxyl groups excluding tert-OH is 1. The number of hydrogen-bond acceptors (Lipinski definition) is 2. The van der Waals surface area contributed by atoms with Gasteiger partial charge >= 0.3 is 6.18 Å². The fourth-order valence-electron chi connectivity index (χ4n) is 1.93. The molecule has 15 heavy (non-hydrogen) atoms. The fourth-order valence-corrected chi connectivity index (χ4v) is 1.93. The van der Waals surface area contributed by atoms with Gasteiger partial charge in [0.15, 0.2) is 0 Å². The highest BCUT2D eigenvalue weighted by Gasteiger charge is 2.53. The maximum Gasteiger partial charge on any atom is 0.433 e. The van der Waals surface area contributed by atoms with Gasteiger partial charge in [-0.3, -0.25) is 5.10 Å². The molecule has 0 amide bonds. The van der Waals surface area contributed by atoms with Crippen molar-refractivity contribution in [2.24, 2.45) is 0 Å². The van der Waals surface area contributed by atoms with Gasteiger partial charge in [0.05, 0.1) is 12.3 Å². The van der Waals surface area contributed by atoms with Crippen molar-refractivity contribution in [3.63, 3.8) is 0 Å². The van der Waals surface area contributed by atoms with Crippen molar-refractivity contribution in [3.8, 4) is 0 Å². The van der Waals surface area contributed by atoms with Gasteiger partial charge in [0.25, 0.3) is 0 Å². The number of nitrogens with one attached hydrogen (secondary N) is 1. The van der Waals surface area contributed by atoms with Crippen molar-refractivity contribution < 1.29 is 18.3 Å². The summed E-state index contributed by atoms with van der Waals surface area (Å²) >= 11 is 0. The lowest BCUT2D eigenvalue weighted by Crippen LogP contribution is -2.25. The minimum Gasteiger partial charge on any atom is -0.392 e. The van der Waals surface area contributed by atoms with Crippen molar-refractivity contribution in [1.29, 1.82) is 0 Å². The molecule has 0 saturated heterocycles. The zero-order valence-electron chi connectivity index (χ0n) is 8.10. The summed E-state index contributed by atoms with van der Waals surface area (Å²) in [5, 5.41) is 14.9. The van der Waals surface area contributed by atoms with E-state index < -0.39 is 23.4 Å². The third-order valence-electron chi connectivity index (χ3n) is 3.05. The van der Waals surface area contributed by atoms with E-state index in [0.29, 0.717) is 12.8 Å². The first-order valence-corrected chi connectivity index (χ1v) is 4.67. The first-order valence-electron chi connectivity index (χ1n) is 4.67. The lowest BCUT2D eigenvalue weighted by Gasteiger charge is -2.19. The Morgan fingerprint density at radius 3 is 2.53 bits per heavy atom. The van der Waals surface area contributed by atoms with Crippen LogP contribution in [-0.4, -0.2) is 21.4 Å². The summed E-state index contributed by atoms with van der Waals surface area (Å²) in [5.74, 6) is 0. The molecule has 1 aliphatic carbocycles. The van der Waals surface area contributed by atoms with E-state index in [0.717, 1.165) is 0 Å². The smallest absolute Gasteiger partial charge is 0.392 e. The average Bonchev–Trinajstić information content (AvgIpc) is 2.75. The van der Waals surface area contributed by atoms with E-state index in [1.165, 1.54) is 13.1 Å². The predicted molar refractivity (Wildman–Crippen MR) is 46.2 cm³/mol. The number of nitrogens with zero attached hydrogens (tertiary/aromatic N) is 1. The van der Waals surface area contributed by atoms with Crippen LogP contribution in [0.2, 0.25) is 0 Å². The van der Waals surface area contributed by atoms with Gasteiger partial charge in [-0.05, 0) is 19.8 Å². The number of H-pyrrole nitrogens is 1. The van der Waals surface area contributed by atoms with Crippen LogP contribution in [0.4, 0.5) is 13.2 Å². The molecule has 1 atom stereocenters. The maximum absolute atomic E-state index is 12.6. The Balaban J connectivity index is 2.42. The molecule has 2 N–H and O–H groups in total. The van der Waals surface area contributed by atoms with Gasteiger partial charge in [-0.25, -0.2) is 0 Å². The summed E-state index contributed by atoms with van der Waals surface area (Å²) in [6, 6.07) is 0. The standard InChI is InChI=1S/C9H11F3N2O/c1-5(15)8(2-3-8)6-4-13-14-7(6)9(10,11)12/h4-5,15H,2-3H2,1H3,(H,13,14). The summed E-state index contributed by atoms with van der Waals surface area (Å²) in [6.07, 6.45) is -2.89. The molecule has 1 unspecified atom stereocenters. The lowest BCUT2D eigenvalue weighted by atomic mass is 9.91. The van der Waals surface area contributed by atoms with Gasteiger partial charge in [0.2, 0.25) is 0 Å². The van der Waals surface area contributed by atoms with E-state index in [2.05, 4.69) is 5.10 Å². The number of aromatic nitrogens is 2. The molecule has 1 aliphatic rings. The van der Waals surface area contributed by atoms with Crippen LogP contribution in [-0.2, 0) is 11.6 Å². The number of hydrogen-bond donors (Lipinski definition) is 2. The Bertz CT molecular complexity index is 366. The molecule has 6 heteroatoms. The van der Waals surface area contributed by atoms with Crippen molar-refractivity contribution in [3.05, 3.63) is 17.5 Å². The molecule has 3 nitrogen and oxygen atoms in total. The second-order valence-electron chi connectivity index (χ2n) is 3.99. The third kappa shape index (κ3) is 1.52. The van der Waals surface area contributed by atoms with Crippen LogP contribution < -0.4 is 0 Å². The van der Waals surface area contributed by atoms with Crippen LogP contribution >= 0.6 is 0 Å². The van der Waals surface area contributed by atoms with E-state index >= 15 is 0 Å². The number of alkyl halides is 3. The summed E-state index contributed by atoms with van der Waals surface area (Å²) in [7, 11) is 0. The quantitative estimate of drug-likeness (QED) is 0.798. The SMILES string of the molecule is CC(O)C1(c2cn[nH]c2C(F)(F)F)CC1. The van der Waals surface area contributed by atoms with Gasteiger partial charge in [0.1, 0.15) is 5.69 Å². The highest BCUT2D eigenvalue weighted by Crippen LogP contribution is 2.53. The normalized spacial score (nSPS) is 21.4. The van der Waals surface area contributed by atoms with Gasteiger partial charge in [0, 0.05) is 11.0 Å². The largest absolute Gasteiger partial charge is 0.433 e. The molecule has 1 fully saturated rings. The van der Waals surface area contributed by atoms with E-state index in [1.54, 1.807) is 0 Å². The molecule has 1 saturated carbocycles. The summed E-state index contributed by atoms with van der Waals surface area (Å²) in [6.45, 7) is 1.51. The van der Waals surface area contributed by atoms with E-state index in [9.17, 15) is 18.3 Å². The topological polar surface area (TPSA) is 48.9 Å². The van der Waals surface area contributed by atoms with Crippen LogP contribution in [0.3, 0.4) is 0 Å². The summed E-state index contributed by atoms with van der Waals surface area (Å²) < 4.78 is 37.7. The molecular weight excluding hydrogens is 209 g/mol. The number of aromatic amines is 1. The Kier molecular flexibility index (Phi) is 2.08. The van der Waals surface area contributed by atoms with E-state index in [1.807, 2.05) is 5.10 Å². The van der Waals surface area contributed by atoms with Crippen LogP contribution in [0.1, 0.15) is 31.0 Å². The minimum absolute atomic E-state index is 0.0880. The van der Waals surface area contributed by atoms with Crippen LogP contribution in [0.5, 0.6) is 0 Å². The van der Waals surface area contributed by atoms with Crippen LogP contribution in [0.25, 0.3) is 0 Å². The van der Waals surface area contributed by atoms with Gasteiger partial charge in [-0.15, -0.1) is 0 Å². The second kappa shape index (κ2) is 2.98. The molecule has 1 aromatic rings. The van der Waals surface area contributed by atoms with Crippen LogP contribution in [0.15, 0.2) is 6.20 Å². The van der Waals surface area contributed by atoms with Crippen molar-refractivity contribution in [2.45, 2.75) is 37.5 Å². The monoisotopic (exact) mass is 220 g/mol. The van der Waals surface area contributed by atoms with Crippen LogP contribution in [0, 0.1) is 0 Å². The molecule has 0 aliphatic heterocycles. The highest BCUT2D eigenvalue weighted by atomic mass is 19.4. The van der Waals surface area contributed by atoms with Gasteiger partial charge in [-0.1, -0.05) is 0 Å².